The molecule has 0 heterocycles. The fourth-order valence-electron chi connectivity index (χ4n) is 3.18. The molecule has 0 bridgehead atoms. The highest BCUT2D eigenvalue weighted by molar-refractivity contribution is 4.97. The summed E-state index contributed by atoms with van der Waals surface area (Å²) in [4.78, 5) is 0. The van der Waals surface area contributed by atoms with Crippen molar-refractivity contribution in [1.82, 2.24) is 0 Å². The van der Waals surface area contributed by atoms with Gasteiger partial charge in [0.2, 0.25) is 0 Å². The minimum atomic E-state index is 0.599. The molecule has 0 spiro atoms. The van der Waals surface area contributed by atoms with Crippen LogP contribution in [0.5, 0.6) is 0 Å². The van der Waals surface area contributed by atoms with Gasteiger partial charge in [0.15, 0.2) is 0 Å². The largest absolute Gasteiger partial charge is 0.100 e. The lowest BCUT2D eigenvalue weighted by atomic mass is 9.72. The normalized spacial score (nSPS) is 33.8. The van der Waals surface area contributed by atoms with Crippen molar-refractivity contribution < 1.29 is 0 Å². The average Bonchev–Trinajstić information content (AvgIpc) is 2.27. The highest BCUT2D eigenvalue weighted by Gasteiger charge is 2.31. The number of allylic oxidation sites excluding steroid dienone is 1. The Morgan fingerprint density at radius 1 is 1.43 bits per heavy atom. The van der Waals surface area contributed by atoms with Gasteiger partial charge in [0.1, 0.15) is 0 Å². The third-order valence-electron chi connectivity index (χ3n) is 3.86. The van der Waals surface area contributed by atoms with Gasteiger partial charge < -0.3 is 0 Å². The second-order valence-corrected chi connectivity index (χ2v) is 5.54. The van der Waals surface area contributed by atoms with Crippen LogP contribution in [0.3, 0.4) is 0 Å². The predicted octanol–water partition coefficient (Wildman–Crippen LogP) is 4.95. The first kappa shape index (κ1) is 11.8. The summed E-state index contributed by atoms with van der Waals surface area (Å²) in [7, 11) is 0. The van der Waals surface area contributed by atoms with Crippen LogP contribution in [0.1, 0.15) is 65.7 Å². The molecule has 0 aromatic heterocycles. The van der Waals surface area contributed by atoms with Gasteiger partial charge in [-0.05, 0) is 37.5 Å². The molecule has 2 atom stereocenters. The van der Waals surface area contributed by atoms with E-state index in [-0.39, 0.29) is 0 Å². The van der Waals surface area contributed by atoms with E-state index in [9.17, 15) is 0 Å². The maximum Gasteiger partial charge on any atom is -0.0261 e. The molecule has 0 nitrogen and oxygen atoms in total. The summed E-state index contributed by atoms with van der Waals surface area (Å²) in [5, 5.41) is 0. The highest BCUT2D eigenvalue weighted by atomic mass is 14.4. The van der Waals surface area contributed by atoms with Gasteiger partial charge in [-0.1, -0.05) is 45.1 Å². The third kappa shape index (κ3) is 3.15. The standard InChI is InChI=1S/C14H26/c1-5-14(10-12(2)3)9-7-6-8-13(4)11-14/h13H,2,5-11H2,1,3-4H3. The van der Waals surface area contributed by atoms with Crippen molar-refractivity contribution >= 4 is 0 Å². The van der Waals surface area contributed by atoms with Crippen molar-refractivity contribution in [2.75, 3.05) is 0 Å². The van der Waals surface area contributed by atoms with Crippen LogP contribution in [0, 0.1) is 11.3 Å². The summed E-state index contributed by atoms with van der Waals surface area (Å²) in [6, 6.07) is 0. The molecule has 2 unspecified atom stereocenters. The Balaban J connectivity index is 2.68. The van der Waals surface area contributed by atoms with Crippen LogP contribution in [-0.2, 0) is 0 Å². The average molecular weight is 194 g/mol. The van der Waals surface area contributed by atoms with E-state index in [2.05, 4.69) is 27.4 Å². The van der Waals surface area contributed by atoms with Crippen LogP contribution >= 0.6 is 0 Å². The number of hydrogen-bond donors (Lipinski definition) is 0. The lowest BCUT2D eigenvalue weighted by molar-refractivity contribution is 0.205. The zero-order chi connectivity index (χ0) is 10.6. The van der Waals surface area contributed by atoms with Gasteiger partial charge in [0, 0.05) is 0 Å². The first-order chi connectivity index (χ1) is 6.58. The Morgan fingerprint density at radius 3 is 2.71 bits per heavy atom. The molecular formula is C14H26. The van der Waals surface area contributed by atoms with Crippen molar-refractivity contribution in [2.24, 2.45) is 11.3 Å². The summed E-state index contributed by atoms with van der Waals surface area (Å²) < 4.78 is 0. The van der Waals surface area contributed by atoms with Gasteiger partial charge in [-0.2, -0.15) is 0 Å². The van der Waals surface area contributed by atoms with E-state index < -0.39 is 0 Å². The zero-order valence-electron chi connectivity index (χ0n) is 10.2. The van der Waals surface area contributed by atoms with Gasteiger partial charge in [-0.15, -0.1) is 6.58 Å². The molecule has 1 aliphatic carbocycles. The molecule has 0 heteroatoms. The minimum Gasteiger partial charge on any atom is -0.100 e. The first-order valence-electron chi connectivity index (χ1n) is 6.22. The fraction of sp³-hybridized carbons (Fsp3) is 0.857. The van der Waals surface area contributed by atoms with Crippen LogP contribution in [0.4, 0.5) is 0 Å². The smallest absolute Gasteiger partial charge is 0.0261 e. The molecule has 1 saturated carbocycles. The van der Waals surface area contributed by atoms with Gasteiger partial charge in [-0.25, -0.2) is 0 Å². The molecule has 0 saturated heterocycles. The SMILES string of the molecule is C=C(C)CC1(CC)CCCCC(C)C1. The van der Waals surface area contributed by atoms with E-state index in [0.29, 0.717) is 5.41 Å². The Bertz CT molecular complexity index is 192. The van der Waals surface area contributed by atoms with Crippen molar-refractivity contribution in [3.05, 3.63) is 12.2 Å². The maximum absolute atomic E-state index is 4.10. The molecule has 0 radical (unpaired) electrons. The predicted molar refractivity (Wildman–Crippen MR) is 64.4 cm³/mol. The summed E-state index contributed by atoms with van der Waals surface area (Å²) >= 11 is 0. The molecule has 0 aliphatic heterocycles. The topological polar surface area (TPSA) is 0 Å². The summed E-state index contributed by atoms with van der Waals surface area (Å²) in [6.45, 7) is 11.1. The van der Waals surface area contributed by atoms with E-state index in [1.54, 1.807) is 0 Å². The van der Waals surface area contributed by atoms with E-state index in [1.165, 1.54) is 50.5 Å². The molecular weight excluding hydrogens is 168 g/mol. The monoisotopic (exact) mass is 194 g/mol. The molecule has 82 valence electrons. The van der Waals surface area contributed by atoms with Crippen molar-refractivity contribution in [1.29, 1.82) is 0 Å². The van der Waals surface area contributed by atoms with E-state index >= 15 is 0 Å². The van der Waals surface area contributed by atoms with Gasteiger partial charge >= 0.3 is 0 Å². The van der Waals surface area contributed by atoms with E-state index in [0.717, 1.165) is 5.92 Å². The van der Waals surface area contributed by atoms with Crippen LogP contribution in [0.25, 0.3) is 0 Å². The Hall–Kier alpha value is -0.260. The Labute approximate surface area is 89.8 Å². The first-order valence-corrected chi connectivity index (χ1v) is 6.22. The van der Waals surface area contributed by atoms with Gasteiger partial charge in [-0.3, -0.25) is 0 Å². The second kappa shape index (κ2) is 5.00. The minimum absolute atomic E-state index is 0.599. The molecule has 1 rings (SSSR count). The fourth-order valence-corrected chi connectivity index (χ4v) is 3.18. The summed E-state index contributed by atoms with van der Waals surface area (Å²) in [5.41, 5.74) is 1.97. The highest BCUT2D eigenvalue weighted by Crippen LogP contribution is 2.44. The second-order valence-electron chi connectivity index (χ2n) is 5.54. The van der Waals surface area contributed by atoms with E-state index in [4.69, 9.17) is 0 Å². The Kier molecular flexibility index (Phi) is 4.22. The molecule has 0 aromatic rings. The van der Waals surface area contributed by atoms with Crippen molar-refractivity contribution in [2.45, 2.75) is 65.7 Å². The van der Waals surface area contributed by atoms with Crippen LogP contribution in [0.2, 0.25) is 0 Å². The van der Waals surface area contributed by atoms with Crippen molar-refractivity contribution in [3.63, 3.8) is 0 Å². The zero-order valence-corrected chi connectivity index (χ0v) is 10.2. The summed E-state index contributed by atoms with van der Waals surface area (Å²) in [6.07, 6.45) is 9.78. The van der Waals surface area contributed by atoms with E-state index in [1.807, 2.05) is 0 Å². The lowest BCUT2D eigenvalue weighted by Crippen LogP contribution is -2.21. The Morgan fingerprint density at radius 2 is 2.14 bits per heavy atom. The van der Waals surface area contributed by atoms with Gasteiger partial charge in [0.05, 0.1) is 0 Å². The quantitative estimate of drug-likeness (QED) is 0.440. The third-order valence-corrected chi connectivity index (χ3v) is 3.86. The molecule has 0 N–H and O–H groups in total. The molecule has 14 heavy (non-hydrogen) atoms. The molecule has 0 amide bonds. The van der Waals surface area contributed by atoms with Crippen LogP contribution in [0.15, 0.2) is 12.2 Å². The summed E-state index contributed by atoms with van der Waals surface area (Å²) in [5.74, 6) is 0.928. The van der Waals surface area contributed by atoms with Crippen molar-refractivity contribution in [3.8, 4) is 0 Å². The number of hydrogen-bond acceptors (Lipinski definition) is 0. The molecule has 1 aliphatic rings. The number of rotatable bonds is 3. The maximum atomic E-state index is 4.10. The van der Waals surface area contributed by atoms with Crippen LogP contribution < -0.4 is 0 Å². The van der Waals surface area contributed by atoms with Crippen LogP contribution in [-0.4, -0.2) is 0 Å². The molecule has 0 aromatic carbocycles. The van der Waals surface area contributed by atoms with Gasteiger partial charge in [0.25, 0.3) is 0 Å². The molecule has 1 fully saturated rings. The lowest BCUT2D eigenvalue weighted by Gasteiger charge is -2.33.